The van der Waals surface area contributed by atoms with Crippen LogP contribution in [0, 0.1) is 5.92 Å². The van der Waals surface area contributed by atoms with E-state index in [0.29, 0.717) is 5.92 Å². The molecule has 1 aromatic rings. The van der Waals surface area contributed by atoms with Crippen LogP contribution in [0.4, 0.5) is 5.82 Å². The van der Waals surface area contributed by atoms with Crippen molar-refractivity contribution in [3.05, 3.63) is 22.8 Å². The van der Waals surface area contributed by atoms with Crippen LogP contribution in [-0.2, 0) is 6.54 Å². The summed E-state index contributed by atoms with van der Waals surface area (Å²) >= 11 is 6.28. The molecule has 20 heavy (non-hydrogen) atoms. The van der Waals surface area contributed by atoms with Crippen molar-refractivity contribution < 1.29 is 0 Å². The standard InChI is InChI=1S/C16H28ClN3/c1-5-10-18-16-9-8-14(17)15(19-16)12-20(7-3)11-13(4)6-2/h8-9,13H,5-7,10-12H2,1-4H3,(H,18,19). The van der Waals surface area contributed by atoms with E-state index in [9.17, 15) is 0 Å². The fourth-order valence-electron chi connectivity index (χ4n) is 2.03. The molecule has 1 heterocycles. The van der Waals surface area contributed by atoms with Crippen LogP contribution in [0.1, 0.15) is 46.2 Å². The van der Waals surface area contributed by atoms with Gasteiger partial charge in [-0.05, 0) is 31.0 Å². The molecule has 0 amide bonds. The molecule has 0 bridgehead atoms. The van der Waals surface area contributed by atoms with Crippen LogP contribution in [0.3, 0.4) is 0 Å². The molecule has 1 N–H and O–H groups in total. The summed E-state index contributed by atoms with van der Waals surface area (Å²) in [6, 6.07) is 3.89. The van der Waals surface area contributed by atoms with Crippen LogP contribution in [0.5, 0.6) is 0 Å². The average Bonchev–Trinajstić information content (AvgIpc) is 2.46. The van der Waals surface area contributed by atoms with Crippen molar-refractivity contribution in [3.63, 3.8) is 0 Å². The van der Waals surface area contributed by atoms with Crippen LogP contribution in [0.15, 0.2) is 12.1 Å². The molecule has 3 nitrogen and oxygen atoms in total. The summed E-state index contributed by atoms with van der Waals surface area (Å²) in [6.07, 6.45) is 2.30. The molecule has 1 unspecified atom stereocenters. The highest BCUT2D eigenvalue weighted by Crippen LogP contribution is 2.19. The summed E-state index contributed by atoms with van der Waals surface area (Å²) in [5.74, 6) is 1.63. The summed E-state index contributed by atoms with van der Waals surface area (Å²) in [5, 5.41) is 4.08. The van der Waals surface area contributed by atoms with E-state index in [-0.39, 0.29) is 0 Å². The SMILES string of the molecule is CCCNc1ccc(Cl)c(CN(CC)CC(C)CC)n1. The van der Waals surface area contributed by atoms with Crippen LogP contribution >= 0.6 is 11.6 Å². The zero-order valence-electron chi connectivity index (χ0n) is 13.2. The Kier molecular flexibility index (Phi) is 7.93. The predicted octanol–water partition coefficient (Wildman–Crippen LogP) is 4.42. The quantitative estimate of drug-likeness (QED) is 0.731. The van der Waals surface area contributed by atoms with Crippen molar-refractivity contribution in [2.24, 2.45) is 5.92 Å². The number of halogens is 1. The first-order valence-corrected chi connectivity index (χ1v) is 8.10. The Morgan fingerprint density at radius 3 is 2.65 bits per heavy atom. The molecule has 1 aromatic heterocycles. The molecule has 0 fully saturated rings. The third kappa shape index (κ3) is 5.68. The molecule has 1 rings (SSSR count). The largest absolute Gasteiger partial charge is 0.370 e. The number of aromatic nitrogens is 1. The molecule has 0 aromatic carbocycles. The lowest BCUT2D eigenvalue weighted by atomic mass is 10.1. The van der Waals surface area contributed by atoms with E-state index in [4.69, 9.17) is 11.6 Å². The lowest BCUT2D eigenvalue weighted by Gasteiger charge is -2.24. The van der Waals surface area contributed by atoms with Crippen molar-refractivity contribution in [3.8, 4) is 0 Å². The van der Waals surface area contributed by atoms with Gasteiger partial charge < -0.3 is 5.32 Å². The van der Waals surface area contributed by atoms with Gasteiger partial charge in [-0.25, -0.2) is 4.98 Å². The summed E-state index contributed by atoms with van der Waals surface area (Å²) in [6.45, 7) is 12.7. The van der Waals surface area contributed by atoms with E-state index in [1.165, 1.54) is 6.42 Å². The monoisotopic (exact) mass is 297 g/mol. The fraction of sp³-hybridized carbons (Fsp3) is 0.688. The van der Waals surface area contributed by atoms with E-state index in [1.807, 2.05) is 12.1 Å². The minimum atomic E-state index is 0.704. The Labute approximate surface area is 128 Å². The Morgan fingerprint density at radius 1 is 1.30 bits per heavy atom. The van der Waals surface area contributed by atoms with Crippen LogP contribution in [0.2, 0.25) is 5.02 Å². The van der Waals surface area contributed by atoms with Crippen molar-refractivity contribution >= 4 is 17.4 Å². The molecular weight excluding hydrogens is 270 g/mol. The van der Waals surface area contributed by atoms with Crippen molar-refractivity contribution in [1.29, 1.82) is 0 Å². The number of rotatable bonds is 9. The zero-order chi connectivity index (χ0) is 15.0. The van der Waals surface area contributed by atoms with Crippen LogP contribution in [-0.4, -0.2) is 29.5 Å². The number of hydrogen-bond acceptors (Lipinski definition) is 3. The Bertz CT molecular complexity index is 395. The van der Waals surface area contributed by atoms with Crippen LogP contribution in [0.25, 0.3) is 0 Å². The maximum atomic E-state index is 6.28. The second-order valence-electron chi connectivity index (χ2n) is 5.39. The first kappa shape index (κ1) is 17.3. The van der Waals surface area contributed by atoms with E-state index >= 15 is 0 Å². The van der Waals surface area contributed by atoms with Gasteiger partial charge in [-0.3, -0.25) is 4.90 Å². The molecular formula is C16H28ClN3. The third-order valence-electron chi connectivity index (χ3n) is 3.56. The van der Waals surface area contributed by atoms with Gasteiger partial charge in [-0.1, -0.05) is 45.7 Å². The molecule has 114 valence electrons. The molecule has 0 aliphatic rings. The number of pyridine rings is 1. The van der Waals surface area contributed by atoms with Gasteiger partial charge in [0.2, 0.25) is 0 Å². The second kappa shape index (κ2) is 9.19. The predicted molar refractivity (Wildman–Crippen MR) is 88.4 cm³/mol. The number of hydrogen-bond donors (Lipinski definition) is 1. The Balaban J connectivity index is 2.72. The molecule has 0 radical (unpaired) electrons. The molecule has 0 aliphatic carbocycles. The van der Waals surface area contributed by atoms with Gasteiger partial charge in [0.25, 0.3) is 0 Å². The summed E-state index contributed by atoms with van der Waals surface area (Å²) in [7, 11) is 0. The van der Waals surface area contributed by atoms with E-state index in [0.717, 1.165) is 49.1 Å². The lowest BCUT2D eigenvalue weighted by Crippen LogP contribution is -2.28. The average molecular weight is 298 g/mol. The van der Waals surface area contributed by atoms with Gasteiger partial charge in [0.05, 0.1) is 10.7 Å². The van der Waals surface area contributed by atoms with Gasteiger partial charge >= 0.3 is 0 Å². The van der Waals surface area contributed by atoms with E-state index < -0.39 is 0 Å². The van der Waals surface area contributed by atoms with Gasteiger partial charge in [0, 0.05) is 19.6 Å². The van der Waals surface area contributed by atoms with Gasteiger partial charge in [0.15, 0.2) is 0 Å². The van der Waals surface area contributed by atoms with E-state index in [2.05, 4.69) is 42.9 Å². The third-order valence-corrected chi connectivity index (χ3v) is 3.91. The van der Waals surface area contributed by atoms with Gasteiger partial charge in [-0.2, -0.15) is 0 Å². The highest BCUT2D eigenvalue weighted by Gasteiger charge is 2.11. The molecule has 0 saturated carbocycles. The minimum Gasteiger partial charge on any atom is -0.370 e. The number of anilines is 1. The second-order valence-corrected chi connectivity index (χ2v) is 5.80. The molecule has 0 saturated heterocycles. The van der Waals surface area contributed by atoms with Crippen molar-refractivity contribution in [2.75, 3.05) is 25.0 Å². The molecule has 0 spiro atoms. The highest BCUT2D eigenvalue weighted by atomic mass is 35.5. The molecule has 1 atom stereocenters. The fourth-order valence-corrected chi connectivity index (χ4v) is 2.20. The normalized spacial score (nSPS) is 12.7. The maximum absolute atomic E-state index is 6.28. The van der Waals surface area contributed by atoms with Crippen LogP contribution < -0.4 is 5.32 Å². The topological polar surface area (TPSA) is 28.2 Å². The van der Waals surface area contributed by atoms with Gasteiger partial charge in [-0.15, -0.1) is 0 Å². The Hall–Kier alpha value is -0.800. The van der Waals surface area contributed by atoms with Gasteiger partial charge in [0.1, 0.15) is 5.82 Å². The minimum absolute atomic E-state index is 0.704. The smallest absolute Gasteiger partial charge is 0.126 e. The summed E-state index contributed by atoms with van der Waals surface area (Å²) in [4.78, 5) is 7.05. The van der Waals surface area contributed by atoms with Crippen molar-refractivity contribution in [2.45, 2.75) is 47.1 Å². The summed E-state index contributed by atoms with van der Waals surface area (Å²) in [5.41, 5.74) is 0.970. The first-order valence-electron chi connectivity index (χ1n) is 7.72. The Morgan fingerprint density at radius 2 is 2.05 bits per heavy atom. The van der Waals surface area contributed by atoms with Crippen molar-refractivity contribution in [1.82, 2.24) is 9.88 Å². The lowest BCUT2D eigenvalue weighted by molar-refractivity contribution is 0.235. The summed E-state index contributed by atoms with van der Waals surface area (Å²) < 4.78 is 0. The molecule has 4 heteroatoms. The van der Waals surface area contributed by atoms with E-state index in [1.54, 1.807) is 0 Å². The number of nitrogens with one attached hydrogen (secondary N) is 1. The molecule has 0 aliphatic heterocycles. The highest BCUT2D eigenvalue weighted by molar-refractivity contribution is 6.31. The first-order chi connectivity index (χ1) is 9.60. The number of nitrogens with zero attached hydrogens (tertiary/aromatic N) is 2. The maximum Gasteiger partial charge on any atom is 0.126 e. The zero-order valence-corrected chi connectivity index (χ0v) is 14.0.